The van der Waals surface area contributed by atoms with Crippen LogP contribution in [-0.2, 0) is 9.59 Å². The molecular weight excluding hydrogens is 274 g/mol. The number of likely N-dealkylation sites (tertiary alicyclic amines) is 2. The van der Waals surface area contributed by atoms with Gasteiger partial charge in [0, 0.05) is 19.6 Å². The lowest BCUT2D eigenvalue weighted by atomic mass is 9.89. The van der Waals surface area contributed by atoms with Crippen molar-refractivity contribution >= 4 is 17.9 Å². The lowest BCUT2D eigenvalue weighted by Crippen LogP contribution is -2.51. The van der Waals surface area contributed by atoms with Crippen LogP contribution in [0.25, 0.3) is 0 Å². The highest BCUT2D eigenvalue weighted by Crippen LogP contribution is 2.31. The van der Waals surface area contributed by atoms with Crippen molar-refractivity contribution in [2.24, 2.45) is 11.1 Å². The van der Waals surface area contributed by atoms with Gasteiger partial charge in [-0.2, -0.15) is 0 Å². The molecule has 2 rings (SSSR count). The Morgan fingerprint density at radius 1 is 1.19 bits per heavy atom. The molecule has 2 fully saturated rings. The lowest BCUT2D eigenvalue weighted by molar-refractivity contribution is -0.142. The highest BCUT2D eigenvalue weighted by molar-refractivity contribution is 5.85. The first-order valence-electron chi connectivity index (χ1n) is 7.43. The summed E-state index contributed by atoms with van der Waals surface area (Å²) in [6, 6.07) is -1.05. The largest absolute Gasteiger partial charge is 0.480 e. The molecule has 0 spiro atoms. The van der Waals surface area contributed by atoms with E-state index < -0.39 is 23.3 Å². The number of carboxylic acid groups (broad SMARTS) is 1. The van der Waals surface area contributed by atoms with E-state index >= 15 is 0 Å². The Morgan fingerprint density at radius 3 is 2.48 bits per heavy atom. The molecule has 2 unspecified atom stereocenters. The molecule has 0 aromatic rings. The molecule has 7 nitrogen and oxygen atoms in total. The van der Waals surface area contributed by atoms with E-state index in [-0.39, 0.29) is 12.6 Å². The molecule has 2 aliphatic heterocycles. The van der Waals surface area contributed by atoms with E-state index in [1.54, 1.807) is 11.8 Å². The molecule has 0 aromatic carbocycles. The molecule has 21 heavy (non-hydrogen) atoms. The Balaban J connectivity index is 2.11. The molecule has 7 heteroatoms. The van der Waals surface area contributed by atoms with E-state index in [1.807, 2.05) is 0 Å². The molecule has 2 saturated heterocycles. The summed E-state index contributed by atoms with van der Waals surface area (Å²) in [4.78, 5) is 38.5. The van der Waals surface area contributed by atoms with E-state index in [9.17, 15) is 19.5 Å². The Bertz CT molecular complexity index is 454. The van der Waals surface area contributed by atoms with Gasteiger partial charge >= 0.3 is 12.0 Å². The monoisotopic (exact) mass is 297 g/mol. The zero-order valence-electron chi connectivity index (χ0n) is 12.4. The Morgan fingerprint density at radius 2 is 1.90 bits per heavy atom. The van der Waals surface area contributed by atoms with Crippen LogP contribution in [-0.4, -0.2) is 58.5 Å². The Labute approximate surface area is 124 Å². The first kappa shape index (κ1) is 15.6. The van der Waals surface area contributed by atoms with Gasteiger partial charge in [0.1, 0.15) is 6.04 Å². The summed E-state index contributed by atoms with van der Waals surface area (Å²) in [7, 11) is 0. The van der Waals surface area contributed by atoms with Gasteiger partial charge < -0.3 is 20.6 Å². The fraction of sp³-hybridized carbons (Fsp3) is 0.786. The normalized spacial score (nSPS) is 30.0. The van der Waals surface area contributed by atoms with Crippen molar-refractivity contribution in [3.8, 4) is 0 Å². The summed E-state index contributed by atoms with van der Waals surface area (Å²) in [6.45, 7) is 2.92. The molecule has 0 aliphatic carbocycles. The summed E-state index contributed by atoms with van der Waals surface area (Å²) >= 11 is 0. The third kappa shape index (κ3) is 3.11. The second kappa shape index (κ2) is 5.91. The molecule has 2 aliphatic rings. The molecule has 0 bridgehead atoms. The minimum Gasteiger partial charge on any atom is -0.480 e. The van der Waals surface area contributed by atoms with Gasteiger partial charge in [0.15, 0.2) is 0 Å². The summed E-state index contributed by atoms with van der Waals surface area (Å²) in [5.41, 5.74) is 4.68. The van der Waals surface area contributed by atoms with Crippen molar-refractivity contribution in [1.82, 2.24) is 9.80 Å². The zero-order valence-corrected chi connectivity index (χ0v) is 12.4. The quantitative estimate of drug-likeness (QED) is 0.780. The maximum absolute atomic E-state index is 12.6. The molecule has 2 heterocycles. The van der Waals surface area contributed by atoms with E-state index in [0.717, 1.165) is 19.3 Å². The van der Waals surface area contributed by atoms with E-state index in [0.29, 0.717) is 25.9 Å². The van der Waals surface area contributed by atoms with Gasteiger partial charge in [-0.05, 0) is 26.2 Å². The standard InChI is InChI=1S/C14H23N3O4/c1-14(12(15)20)6-8-16(9-14)13(21)17-7-4-2-3-5-10(17)11(18)19/h10H,2-9H2,1H3,(H2,15,20)(H,18,19). The minimum absolute atomic E-state index is 0.268. The van der Waals surface area contributed by atoms with Crippen molar-refractivity contribution in [3.63, 3.8) is 0 Å². The summed E-state index contributed by atoms with van der Waals surface area (Å²) in [5.74, 6) is -1.37. The van der Waals surface area contributed by atoms with Crippen molar-refractivity contribution in [3.05, 3.63) is 0 Å². The molecule has 3 N–H and O–H groups in total. The number of aliphatic carboxylic acids is 1. The second-order valence-corrected chi connectivity index (χ2v) is 6.28. The van der Waals surface area contributed by atoms with Gasteiger partial charge in [0.05, 0.1) is 5.41 Å². The number of hydrogen-bond acceptors (Lipinski definition) is 3. The van der Waals surface area contributed by atoms with Gasteiger partial charge in [-0.25, -0.2) is 9.59 Å². The molecule has 3 amide bonds. The average Bonchev–Trinajstić information content (AvgIpc) is 2.68. The summed E-state index contributed by atoms with van der Waals surface area (Å²) in [5, 5.41) is 9.33. The van der Waals surface area contributed by atoms with Crippen molar-refractivity contribution < 1.29 is 19.5 Å². The number of nitrogens with zero attached hydrogens (tertiary/aromatic N) is 2. The number of carboxylic acids is 1. The molecular formula is C14H23N3O4. The fourth-order valence-corrected chi connectivity index (χ4v) is 3.10. The Kier molecular flexibility index (Phi) is 4.39. The lowest BCUT2D eigenvalue weighted by Gasteiger charge is -2.31. The maximum Gasteiger partial charge on any atom is 0.326 e. The predicted octanol–water partition coefficient (Wildman–Crippen LogP) is 0.633. The third-order valence-corrected chi connectivity index (χ3v) is 4.62. The van der Waals surface area contributed by atoms with Gasteiger partial charge in [-0.3, -0.25) is 4.79 Å². The van der Waals surface area contributed by atoms with Crippen LogP contribution in [0.3, 0.4) is 0 Å². The highest BCUT2D eigenvalue weighted by Gasteiger charge is 2.43. The minimum atomic E-state index is -0.956. The van der Waals surface area contributed by atoms with Crippen LogP contribution in [0, 0.1) is 5.41 Å². The average molecular weight is 297 g/mol. The molecule has 0 radical (unpaired) electrons. The smallest absolute Gasteiger partial charge is 0.326 e. The van der Waals surface area contributed by atoms with Crippen LogP contribution in [0.4, 0.5) is 4.79 Å². The second-order valence-electron chi connectivity index (χ2n) is 6.28. The molecule has 118 valence electrons. The number of carbonyl (C=O) groups is 3. The maximum atomic E-state index is 12.6. The number of amides is 3. The van der Waals surface area contributed by atoms with Crippen LogP contribution in [0.15, 0.2) is 0 Å². The summed E-state index contributed by atoms with van der Waals surface area (Å²) < 4.78 is 0. The van der Waals surface area contributed by atoms with Crippen LogP contribution in [0.1, 0.15) is 39.0 Å². The van der Waals surface area contributed by atoms with Crippen LogP contribution in [0.5, 0.6) is 0 Å². The topological polar surface area (TPSA) is 104 Å². The third-order valence-electron chi connectivity index (χ3n) is 4.62. The molecule has 0 aromatic heterocycles. The van der Waals surface area contributed by atoms with Crippen molar-refractivity contribution in [1.29, 1.82) is 0 Å². The number of carbonyl (C=O) groups excluding carboxylic acids is 2. The van der Waals surface area contributed by atoms with Crippen LogP contribution >= 0.6 is 0 Å². The first-order chi connectivity index (χ1) is 9.85. The van der Waals surface area contributed by atoms with Gasteiger partial charge in [0.25, 0.3) is 0 Å². The summed E-state index contributed by atoms with van der Waals surface area (Å²) in [6.07, 6.45) is 3.59. The molecule has 2 atom stereocenters. The Hall–Kier alpha value is -1.79. The number of hydrogen-bond donors (Lipinski definition) is 2. The molecule has 0 saturated carbocycles. The fourth-order valence-electron chi connectivity index (χ4n) is 3.10. The number of rotatable bonds is 2. The predicted molar refractivity (Wildman–Crippen MR) is 75.5 cm³/mol. The van der Waals surface area contributed by atoms with Gasteiger partial charge in [-0.1, -0.05) is 12.8 Å². The number of primary amides is 1. The zero-order chi connectivity index (χ0) is 15.6. The highest BCUT2D eigenvalue weighted by atomic mass is 16.4. The van der Waals surface area contributed by atoms with Crippen LogP contribution < -0.4 is 5.73 Å². The van der Waals surface area contributed by atoms with Crippen molar-refractivity contribution in [2.45, 2.75) is 45.1 Å². The SMILES string of the molecule is CC1(C(N)=O)CCN(C(=O)N2CCCCCC2C(=O)O)C1. The van der Waals surface area contributed by atoms with Crippen molar-refractivity contribution in [2.75, 3.05) is 19.6 Å². The van der Waals surface area contributed by atoms with Crippen LogP contribution in [0.2, 0.25) is 0 Å². The van der Waals surface area contributed by atoms with Gasteiger partial charge in [0.2, 0.25) is 5.91 Å². The van der Waals surface area contributed by atoms with E-state index in [2.05, 4.69) is 0 Å². The van der Waals surface area contributed by atoms with E-state index in [4.69, 9.17) is 5.73 Å². The van der Waals surface area contributed by atoms with Gasteiger partial charge in [-0.15, -0.1) is 0 Å². The number of urea groups is 1. The number of nitrogens with two attached hydrogens (primary N) is 1. The first-order valence-corrected chi connectivity index (χ1v) is 7.43. The van der Waals surface area contributed by atoms with E-state index in [1.165, 1.54) is 4.90 Å².